The maximum Gasteiger partial charge on any atom is 0.322 e. The van der Waals surface area contributed by atoms with Gasteiger partial charge in [-0.1, -0.05) is 48.0 Å². The van der Waals surface area contributed by atoms with Gasteiger partial charge in [0.2, 0.25) is 10.0 Å². The Kier molecular flexibility index (Phi) is 8.30. The van der Waals surface area contributed by atoms with Gasteiger partial charge in [-0.15, -0.1) is 0 Å². The number of hydrogen-bond acceptors (Lipinski definition) is 5. The summed E-state index contributed by atoms with van der Waals surface area (Å²) in [6.07, 6.45) is 0.969. The van der Waals surface area contributed by atoms with E-state index >= 15 is 0 Å². The van der Waals surface area contributed by atoms with Crippen molar-refractivity contribution < 1.29 is 18.3 Å². The molecule has 0 bridgehead atoms. The molecular weight excluding hydrogens is 450 g/mol. The van der Waals surface area contributed by atoms with Crippen molar-refractivity contribution in [2.45, 2.75) is 38.0 Å². The van der Waals surface area contributed by atoms with E-state index in [-0.39, 0.29) is 24.8 Å². The normalized spacial score (nSPS) is 19.3. The second-order valence-electron chi connectivity index (χ2n) is 8.49. The van der Waals surface area contributed by atoms with Crippen LogP contribution in [0.15, 0.2) is 48.5 Å². The fraction of sp³-hybridized carbons (Fsp3) is 0.435. The van der Waals surface area contributed by atoms with E-state index in [2.05, 4.69) is 10.2 Å². The number of nitrogens with one attached hydrogen (secondary N) is 1. The van der Waals surface area contributed by atoms with Crippen LogP contribution >= 0.6 is 11.6 Å². The predicted molar refractivity (Wildman–Crippen MR) is 126 cm³/mol. The van der Waals surface area contributed by atoms with Crippen molar-refractivity contribution in [1.29, 1.82) is 0 Å². The van der Waals surface area contributed by atoms with Crippen LogP contribution in [0.5, 0.6) is 0 Å². The maximum absolute atomic E-state index is 12.3. The average molecular weight is 480 g/mol. The van der Waals surface area contributed by atoms with Gasteiger partial charge in [0.1, 0.15) is 6.04 Å². The largest absolute Gasteiger partial charge is 0.480 e. The summed E-state index contributed by atoms with van der Waals surface area (Å²) in [5.74, 6) is -1.22. The van der Waals surface area contributed by atoms with Crippen LogP contribution in [0.1, 0.15) is 23.1 Å². The topological polar surface area (TPSA) is 89.9 Å². The van der Waals surface area contributed by atoms with Crippen LogP contribution in [-0.4, -0.2) is 67.2 Å². The second-order valence-corrected chi connectivity index (χ2v) is 11.0. The van der Waals surface area contributed by atoms with E-state index in [1.807, 2.05) is 62.6 Å². The van der Waals surface area contributed by atoms with E-state index < -0.39 is 22.0 Å². The zero-order valence-electron chi connectivity index (χ0n) is 18.4. The highest BCUT2D eigenvalue weighted by atomic mass is 35.5. The van der Waals surface area contributed by atoms with Crippen molar-refractivity contribution >= 4 is 27.6 Å². The minimum Gasteiger partial charge on any atom is -0.480 e. The number of rotatable bonds is 10. The number of nitrogens with zero attached hydrogens (tertiary/aromatic N) is 2. The summed E-state index contributed by atoms with van der Waals surface area (Å²) in [4.78, 5) is 13.6. The van der Waals surface area contributed by atoms with Gasteiger partial charge in [0.25, 0.3) is 0 Å². The van der Waals surface area contributed by atoms with E-state index in [0.29, 0.717) is 11.6 Å². The molecule has 0 radical (unpaired) electrons. The lowest BCUT2D eigenvalue weighted by Crippen LogP contribution is -2.39. The van der Waals surface area contributed by atoms with Gasteiger partial charge in [-0.2, -0.15) is 4.31 Å². The number of carboxylic acid groups (broad SMARTS) is 1. The third-order valence-electron chi connectivity index (χ3n) is 5.54. The molecule has 1 unspecified atom stereocenters. The minimum absolute atomic E-state index is 0.0685. The molecule has 0 amide bonds. The van der Waals surface area contributed by atoms with Crippen molar-refractivity contribution in [3.05, 3.63) is 70.2 Å². The quantitative estimate of drug-likeness (QED) is 0.544. The van der Waals surface area contributed by atoms with E-state index in [1.54, 1.807) is 0 Å². The molecule has 1 fully saturated rings. The lowest BCUT2D eigenvalue weighted by Gasteiger charge is -2.23. The SMILES string of the molecule is CN(C)C[C@H](Cc1ccc(Cl)cc1)NCc1cccc(CN2C(C(=O)O)CCS2(=O)=O)c1. The Morgan fingerprint density at radius 1 is 1.19 bits per heavy atom. The van der Waals surface area contributed by atoms with Crippen LogP contribution in [0.3, 0.4) is 0 Å². The molecule has 0 saturated carbocycles. The first-order valence-electron chi connectivity index (χ1n) is 10.6. The Morgan fingerprint density at radius 3 is 2.53 bits per heavy atom. The van der Waals surface area contributed by atoms with Crippen LogP contribution in [0.2, 0.25) is 5.02 Å². The number of halogens is 1. The van der Waals surface area contributed by atoms with Gasteiger partial charge in [-0.25, -0.2) is 8.42 Å². The Hall–Kier alpha value is -1.97. The summed E-state index contributed by atoms with van der Waals surface area (Å²) >= 11 is 6.00. The molecule has 0 aliphatic carbocycles. The summed E-state index contributed by atoms with van der Waals surface area (Å²) in [5, 5.41) is 13.7. The number of aliphatic carboxylic acids is 1. The molecule has 0 spiro atoms. The Morgan fingerprint density at radius 2 is 1.88 bits per heavy atom. The van der Waals surface area contributed by atoms with Crippen molar-refractivity contribution in [1.82, 2.24) is 14.5 Å². The van der Waals surface area contributed by atoms with Crippen molar-refractivity contribution in [2.75, 3.05) is 26.4 Å². The van der Waals surface area contributed by atoms with Gasteiger partial charge in [0.05, 0.1) is 5.75 Å². The number of likely N-dealkylation sites (N-methyl/N-ethyl adjacent to an activating group) is 1. The third-order valence-corrected chi connectivity index (χ3v) is 7.65. The van der Waals surface area contributed by atoms with Crippen LogP contribution in [0.4, 0.5) is 0 Å². The minimum atomic E-state index is -3.55. The molecule has 1 aliphatic rings. The molecule has 32 heavy (non-hydrogen) atoms. The predicted octanol–water partition coefficient (Wildman–Crippen LogP) is 2.59. The summed E-state index contributed by atoms with van der Waals surface area (Å²) in [5.41, 5.74) is 3.00. The lowest BCUT2D eigenvalue weighted by atomic mass is 10.0. The fourth-order valence-electron chi connectivity index (χ4n) is 4.00. The first kappa shape index (κ1) is 24.7. The molecule has 2 atom stereocenters. The highest BCUT2D eigenvalue weighted by Gasteiger charge is 2.41. The lowest BCUT2D eigenvalue weighted by molar-refractivity contribution is -0.141. The van der Waals surface area contributed by atoms with Gasteiger partial charge in [0.15, 0.2) is 0 Å². The number of carboxylic acids is 1. The monoisotopic (exact) mass is 479 g/mol. The third kappa shape index (κ3) is 6.76. The average Bonchev–Trinajstić information content (AvgIpc) is 3.02. The van der Waals surface area contributed by atoms with Crippen LogP contribution < -0.4 is 5.32 Å². The van der Waals surface area contributed by atoms with Gasteiger partial charge in [-0.05, 0) is 55.8 Å². The number of carbonyl (C=O) groups is 1. The smallest absolute Gasteiger partial charge is 0.322 e. The first-order chi connectivity index (χ1) is 15.1. The maximum atomic E-state index is 12.3. The molecule has 2 N–H and O–H groups in total. The number of hydrogen-bond donors (Lipinski definition) is 2. The molecule has 2 aromatic rings. The van der Waals surface area contributed by atoms with Crippen LogP contribution in [-0.2, 0) is 34.3 Å². The molecule has 7 nitrogen and oxygen atoms in total. The van der Waals surface area contributed by atoms with Gasteiger partial charge in [0, 0.05) is 30.7 Å². The molecule has 1 saturated heterocycles. The zero-order chi connectivity index (χ0) is 23.3. The van der Waals surface area contributed by atoms with Gasteiger partial charge >= 0.3 is 5.97 Å². The Balaban J connectivity index is 1.67. The Labute approximate surface area is 195 Å². The standard InChI is InChI=1S/C23H30ClN3O4S/c1-26(2)16-21(13-17-6-8-20(24)9-7-17)25-14-18-4-3-5-19(12-18)15-27-22(23(28)29)10-11-32(27,30)31/h3-9,12,21-22,25H,10-11,13-16H2,1-2H3,(H,28,29)/t21-,22?/m0/s1. The number of benzene rings is 2. The number of sulfonamides is 1. The molecule has 0 aromatic heterocycles. The summed E-state index contributed by atoms with van der Waals surface area (Å²) < 4.78 is 25.7. The van der Waals surface area contributed by atoms with Gasteiger partial charge < -0.3 is 15.3 Å². The first-order valence-corrected chi connectivity index (χ1v) is 12.6. The van der Waals surface area contributed by atoms with Crippen LogP contribution in [0.25, 0.3) is 0 Å². The zero-order valence-corrected chi connectivity index (χ0v) is 19.9. The molecule has 1 heterocycles. The highest BCUT2D eigenvalue weighted by Crippen LogP contribution is 2.24. The molecule has 3 rings (SSSR count). The molecule has 1 aliphatic heterocycles. The molecule has 9 heteroatoms. The molecule has 174 valence electrons. The molecular formula is C23H30ClN3O4S. The fourth-order valence-corrected chi connectivity index (χ4v) is 5.81. The summed E-state index contributed by atoms with van der Waals surface area (Å²) in [6.45, 7) is 1.54. The second kappa shape index (κ2) is 10.8. The Bertz CT molecular complexity index is 1030. The molecule has 2 aromatic carbocycles. The van der Waals surface area contributed by atoms with Gasteiger partial charge in [-0.3, -0.25) is 4.79 Å². The van der Waals surface area contributed by atoms with E-state index in [9.17, 15) is 18.3 Å². The van der Waals surface area contributed by atoms with E-state index in [0.717, 1.165) is 28.4 Å². The van der Waals surface area contributed by atoms with Crippen molar-refractivity contribution in [2.24, 2.45) is 0 Å². The summed E-state index contributed by atoms with van der Waals surface area (Å²) in [7, 11) is 0.521. The van der Waals surface area contributed by atoms with Crippen molar-refractivity contribution in [3.8, 4) is 0 Å². The van der Waals surface area contributed by atoms with Crippen molar-refractivity contribution in [3.63, 3.8) is 0 Å². The van der Waals surface area contributed by atoms with E-state index in [1.165, 1.54) is 5.56 Å². The van der Waals surface area contributed by atoms with Crippen LogP contribution in [0, 0.1) is 0 Å². The highest BCUT2D eigenvalue weighted by molar-refractivity contribution is 7.89. The summed E-state index contributed by atoms with van der Waals surface area (Å²) in [6, 6.07) is 14.7. The van der Waals surface area contributed by atoms with E-state index in [4.69, 9.17) is 11.6 Å².